The summed E-state index contributed by atoms with van der Waals surface area (Å²) in [5.74, 6) is 0.909. The van der Waals surface area contributed by atoms with Crippen LogP contribution in [-0.4, -0.2) is 23.8 Å². The summed E-state index contributed by atoms with van der Waals surface area (Å²) < 4.78 is 14.6. The summed E-state index contributed by atoms with van der Waals surface area (Å²) in [6, 6.07) is 33.1. The topological polar surface area (TPSA) is 64.8 Å². The Kier molecular flexibility index (Phi) is 9.06. The van der Waals surface area contributed by atoms with Gasteiger partial charge >= 0.3 is 0 Å². The molecule has 0 fully saturated rings. The Morgan fingerprint density at radius 3 is 2.41 bits per heavy atom. The van der Waals surface area contributed by atoms with E-state index in [2.05, 4.69) is 68.9 Å². The fourth-order valence-electron chi connectivity index (χ4n) is 4.40. The molecule has 0 aliphatic heterocycles. The normalized spacial score (nSPS) is 11.0. The van der Waals surface area contributed by atoms with Gasteiger partial charge in [-0.15, -0.1) is 0 Å². The highest BCUT2D eigenvalue weighted by Gasteiger charge is 2.13. The lowest BCUT2D eigenvalue weighted by atomic mass is 10.1. The standard InChI is InChI=1S/C33H27ClIN3O3/c1-22-8-17-30(25-6-4-3-5-7-25)38(22)28-15-11-26(12-16-28)33(39)37-36-20-24-18-29(35)32(31(19-24)40-2)41-21-23-9-13-27(34)14-10-23/h3-20H,21H2,1-2H3,(H,37,39)/b36-20-. The Bertz CT molecular complexity index is 1680. The number of nitrogens with zero attached hydrogens (tertiary/aromatic N) is 2. The van der Waals surface area contributed by atoms with Gasteiger partial charge in [-0.2, -0.15) is 5.10 Å². The first-order valence-corrected chi connectivity index (χ1v) is 14.3. The van der Waals surface area contributed by atoms with Crippen molar-refractivity contribution >= 4 is 46.3 Å². The Morgan fingerprint density at radius 2 is 1.71 bits per heavy atom. The van der Waals surface area contributed by atoms with E-state index >= 15 is 0 Å². The van der Waals surface area contributed by atoms with E-state index in [-0.39, 0.29) is 5.91 Å². The van der Waals surface area contributed by atoms with Gasteiger partial charge in [0.1, 0.15) is 6.61 Å². The van der Waals surface area contributed by atoms with E-state index in [4.69, 9.17) is 21.1 Å². The van der Waals surface area contributed by atoms with Crippen molar-refractivity contribution in [2.75, 3.05) is 7.11 Å². The van der Waals surface area contributed by atoms with Crippen LogP contribution in [0.4, 0.5) is 0 Å². The van der Waals surface area contributed by atoms with Crippen molar-refractivity contribution in [1.82, 2.24) is 9.99 Å². The molecule has 5 rings (SSSR count). The summed E-state index contributed by atoms with van der Waals surface area (Å²) in [6.07, 6.45) is 1.58. The minimum Gasteiger partial charge on any atom is -0.493 e. The SMILES string of the molecule is COc1cc(/C=N\NC(=O)c2ccc(-n3c(C)ccc3-c3ccccc3)cc2)cc(I)c1OCc1ccc(Cl)cc1. The number of aromatic nitrogens is 1. The van der Waals surface area contributed by atoms with E-state index in [9.17, 15) is 4.79 Å². The van der Waals surface area contributed by atoms with Crippen LogP contribution >= 0.6 is 34.2 Å². The zero-order valence-corrected chi connectivity index (χ0v) is 25.4. The molecule has 0 aliphatic carbocycles. The fourth-order valence-corrected chi connectivity index (χ4v) is 5.31. The smallest absolute Gasteiger partial charge is 0.271 e. The maximum absolute atomic E-state index is 12.8. The molecule has 8 heteroatoms. The predicted molar refractivity (Wildman–Crippen MR) is 172 cm³/mol. The van der Waals surface area contributed by atoms with Crippen LogP contribution in [0.15, 0.2) is 108 Å². The summed E-state index contributed by atoms with van der Waals surface area (Å²) in [5, 5.41) is 4.84. The molecule has 41 heavy (non-hydrogen) atoms. The molecule has 0 saturated carbocycles. The number of ether oxygens (including phenoxy) is 2. The lowest BCUT2D eigenvalue weighted by Gasteiger charge is -2.13. The van der Waals surface area contributed by atoms with Gasteiger partial charge in [0.2, 0.25) is 0 Å². The zero-order chi connectivity index (χ0) is 28.8. The lowest BCUT2D eigenvalue weighted by molar-refractivity contribution is 0.0955. The average molecular weight is 676 g/mol. The van der Waals surface area contributed by atoms with Crippen LogP contribution in [0.3, 0.4) is 0 Å². The number of hydrogen-bond donors (Lipinski definition) is 1. The number of methoxy groups -OCH3 is 1. The number of hydrogen-bond acceptors (Lipinski definition) is 4. The zero-order valence-electron chi connectivity index (χ0n) is 22.5. The Labute approximate surface area is 257 Å². The van der Waals surface area contributed by atoms with Crippen molar-refractivity contribution < 1.29 is 14.3 Å². The molecule has 6 nitrogen and oxygen atoms in total. The lowest BCUT2D eigenvalue weighted by Crippen LogP contribution is -2.17. The van der Waals surface area contributed by atoms with Crippen molar-refractivity contribution in [2.45, 2.75) is 13.5 Å². The van der Waals surface area contributed by atoms with E-state index in [1.807, 2.05) is 66.7 Å². The molecule has 0 saturated heterocycles. The van der Waals surface area contributed by atoms with E-state index in [1.54, 1.807) is 25.5 Å². The van der Waals surface area contributed by atoms with Crippen molar-refractivity contribution in [1.29, 1.82) is 0 Å². The van der Waals surface area contributed by atoms with Crippen LogP contribution in [0, 0.1) is 10.5 Å². The first-order valence-electron chi connectivity index (χ1n) is 12.9. The monoisotopic (exact) mass is 675 g/mol. The molecule has 0 bridgehead atoms. The molecule has 0 radical (unpaired) electrons. The number of nitrogens with one attached hydrogen (secondary N) is 1. The van der Waals surface area contributed by atoms with E-state index in [1.165, 1.54) is 0 Å². The van der Waals surface area contributed by atoms with Gasteiger partial charge in [0, 0.05) is 22.0 Å². The second-order valence-corrected chi connectivity index (χ2v) is 10.9. The number of hydrazone groups is 1. The number of benzene rings is 4. The number of carbonyl (C=O) groups excluding carboxylic acids is 1. The molecule has 206 valence electrons. The number of carbonyl (C=O) groups is 1. The molecular formula is C33H27ClIN3O3. The predicted octanol–water partition coefficient (Wildman–Crippen LogP) is 8.06. The van der Waals surface area contributed by atoms with Crippen LogP contribution in [0.1, 0.15) is 27.2 Å². The van der Waals surface area contributed by atoms with Crippen LogP contribution in [0.5, 0.6) is 11.5 Å². The first kappa shape index (κ1) is 28.4. The molecule has 1 heterocycles. The minimum absolute atomic E-state index is 0.301. The van der Waals surface area contributed by atoms with Gasteiger partial charge in [-0.25, -0.2) is 5.43 Å². The third kappa shape index (κ3) is 6.81. The molecule has 1 amide bonds. The number of rotatable bonds is 9. The first-order chi connectivity index (χ1) is 19.9. The van der Waals surface area contributed by atoms with E-state index < -0.39 is 0 Å². The summed E-state index contributed by atoms with van der Waals surface area (Å²) in [6.45, 7) is 2.44. The average Bonchev–Trinajstić information content (AvgIpc) is 3.38. The van der Waals surface area contributed by atoms with Crippen LogP contribution in [0.25, 0.3) is 16.9 Å². The summed E-state index contributed by atoms with van der Waals surface area (Å²) in [7, 11) is 1.59. The van der Waals surface area contributed by atoms with Crippen molar-refractivity contribution in [3.05, 3.63) is 134 Å². The van der Waals surface area contributed by atoms with Crippen molar-refractivity contribution in [3.8, 4) is 28.4 Å². The van der Waals surface area contributed by atoms with Crippen molar-refractivity contribution in [3.63, 3.8) is 0 Å². The quantitative estimate of drug-likeness (QED) is 0.0977. The number of amides is 1. The Balaban J connectivity index is 1.25. The molecule has 0 aliphatic rings. The van der Waals surface area contributed by atoms with Gasteiger partial charge in [-0.1, -0.05) is 54.1 Å². The molecule has 0 spiro atoms. The van der Waals surface area contributed by atoms with Crippen LogP contribution in [-0.2, 0) is 6.61 Å². The molecule has 1 aromatic heterocycles. The highest BCUT2D eigenvalue weighted by molar-refractivity contribution is 14.1. The third-order valence-corrected chi connectivity index (χ3v) is 7.51. The highest BCUT2D eigenvalue weighted by atomic mass is 127. The van der Waals surface area contributed by atoms with Gasteiger partial charge in [0.05, 0.1) is 22.6 Å². The van der Waals surface area contributed by atoms with Gasteiger partial charge < -0.3 is 14.0 Å². The maximum atomic E-state index is 12.8. The van der Waals surface area contributed by atoms with E-state index in [0.717, 1.165) is 37.3 Å². The van der Waals surface area contributed by atoms with E-state index in [0.29, 0.717) is 28.7 Å². The fraction of sp³-hybridized carbons (Fsp3) is 0.0909. The van der Waals surface area contributed by atoms with Gasteiger partial charge in [-0.3, -0.25) is 4.79 Å². The largest absolute Gasteiger partial charge is 0.493 e. The Morgan fingerprint density at radius 1 is 0.976 bits per heavy atom. The summed E-state index contributed by atoms with van der Waals surface area (Å²) in [4.78, 5) is 12.8. The highest BCUT2D eigenvalue weighted by Crippen LogP contribution is 2.34. The summed E-state index contributed by atoms with van der Waals surface area (Å²) in [5.41, 5.74) is 9.19. The second-order valence-electron chi connectivity index (χ2n) is 9.26. The molecule has 0 atom stereocenters. The maximum Gasteiger partial charge on any atom is 0.271 e. The Hall–Kier alpha value is -4.08. The molecule has 4 aromatic carbocycles. The molecule has 0 unspecified atom stereocenters. The van der Waals surface area contributed by atoms with Crippen molar-refractivity contribution in [2.24, 2.45) is 5.10 Å². The molecular weight excluding hydrogens is 649 g/mol. The van der Waals surface area contributed by atoms with Gasteiger partial charge in [-0.05, 0) is 107 Å². The minimum atomic E-state index is -0.301. The summed E-state index contributed by atoms with van der Waals surface area (Å²) >= 11 is 8.16. The second kappa shape index (κ2) is 13.1. The third-order valence-electron chi connectivity index (χ3n) is 6.46. The van der Waals surface area contributed by atoms with Gasteiger partial charge in [0.25, 0.3) is 5.91 Å². The van der Waals surface area contributed by atoms with Crippen LogP contribution in [0.2, 0.25) is 5.02 Å². The molecule has 5 aromatic rings. The van der Waals surface area contributed by atoms with Gasteiger partial charge in [0.15, 0.2) is 11.5 Å². The number of aryl methyl sites for hydroxylation is 1. The number of halogens is 2. The van der Waals surface area contributed by atoms with Crippen LogP contribution < -0.4 is 14.9 Å². The molecule has 1 N–H and O–H groups in total.